The molecular weight excluding hydrogens is 268 g/mol. The molecule has 0 saturated heterocycles. The summed E-state index contributed by atoms with van der Waals surface area (Å²) in [6.45, 7) is 0. The summed E-state index contributed by atoms with van der Waals surface area (Å²) in [5, 5.41) is 0. The van der Waals surface area contributed by atoms with E-state index in [0.717, 1.165) is 38.4 Å². The number of aldehydes is 2. The second-order valence-corrected chi connectivity index (χ2v) is 5.44. The van der Waals surface area contributed by atoms with Gasteiger partial charge in [0, 0.05) is 25.7 Å². The fourth-order valence-electron chi connectivity index (χ4n) is 2.22. The first-order valence-electron chi connectivity index (χ1n) is 8.15. The molecule has 0 fully saturated rings. The van der Waals surface area contributed by atoms with Crippen LogP contribution in [0.1, 0.15) is 83.5 Å². The Hall–Kier alpha value is -1.32. The molecule has 0 radical (unpaired) electrons. The zero-order valence-electron chi connectivity index (χ0n) is 13.0. The molecular formula is C17H28O4. The van der Waals surface area contributed by atoms with Crippen molar-refractivity contribution in [2.45, 2.75) is 83.5 Å². The molecule has 0 aliphatic carbocycles. The fraction of sp³-hybridized carbons (Fsp3) is 0.765. The maximum Gasteiger partial charge on any atom is 0.198 e. The van der Waals surface area contributed by atoms with Gasteiger partial charge in [-0.2, -0.15) is 0 Å². The van der Waals surface area contributed by atoms with E-state index in [1.165, 1.54) is 25.7 Å². The van der Waals surface area contributed by atoms with Gasteiger partial charge in [-0.25, -0.2) is 0 Å². The van der Waals surface area contributed by atoms with Crippen molar-refractivity contribution in [3.05, 3.63) is 0 Å². The average molecular weight is 296 g/mol. The van der Waals surface area contributed by atoms with Gasteiger partial charge < -0.3 is 9.59 Å². The molecule has 0 spiro atoms. The van der Waals surface area contributed by atoms with Gasteiger partial charge in [0.1, 0.15) is 12.6 Å². The summed E-state index contributed by atoms with van der Waals surface area (Å²) >= 11 is 0. The van der Waals surface area contributed by atoms with E-state index in [-0.39, 0.29) is 18.6 Å². The van der Waals surface area contributed by atoms with Crippen molar-refractivity contribution in [2.75, 3.05) is 0 Å². The fourth-order valence-corrected chi connectivity index (χ4v) is 2.22. The van der Waals surface area contributed by atoms with E-state index in [1.54, 1.807) is 0 Å². The molecule has 0 amide bonds. The minimum atomic E-state index is -0.405. The summed E-state index contributed by atoms with van der Waals surface area (Å²) < 4.78 is 0. The van der Waals surface area contributed by atoms with Crippen molar-refractivity contribution in [1.82, 2.24) is 0 Å². The second-order valence-electron chi connectivity index (χ2n) is 5.44. The highest BCUT2D eigenvalue weighted by Gasteiger charge is 2.11. The number of hydrogen-bond acceptors (Lipinski definition) is 4. The van der Waals surface area contributed by atoms with Gasteiger partial charge in [-0.15, -0.1) is 0 Å². The number of rotatable bonds is 16. The lowest BCUT2D eigenvalue weighted by atomic mass is 10.0. The Morgan fingerprint density at radius 2 is 0.952 bits per heavy atom. The molecule has 0 atom stereocenters. The third kappa shape index (κ3) is 13.4. The monoisotopic (exact) mass is 296 g/mol. The molecule has 0 rings (SSSR count). The van der Waals surface area contributed by atoms with Gasteiger partial charge >= 0.3 is 0 Å². The van der Waals surface area contributed by atoms with E-state index in [0.29, 0.717) is 19.1 Å². The minimum Gasteiger partial charge on any atom is -0.303 e. The van der Waals surface area contributed by atoms with E-state index in [9.17, 15) is 19.2 Å². The van der Waals surface area contributed by atoms with Gasteiger partial charge in [0.15, 0.2) is 11.6 Å². The van der Waals surface area contributed by atoms with Crippen LogP contribution in [0.25, 0.3) is 0 Å². The highest BCUT2D eigenvalue weighted by atomic mass is 16.2. The van der Waals surface area contributed by atoms with Crippen LogP contribution < -0.4 is 0 Å². The van der Waals surface area contributed by atoms with Crippen LogP contribution in [-0.2, 0) is 19.2 Å². The molecule has 4 nitrogen and oxygen atoms in total. The Balaban J connectivity index is 3.28. The van der Waals surface area contributed by atoms with Crippen molar-refractivity contribution >= 4 is 24.1 Å². The number of hydrogen-bond donors (Lipinski definition) is 0. The summed E-state index contributed by atoms with van der Waals surface area (Å²) in [6, 6.07) is 0. The lowest BCUT2D eigenvalue weighted by Gasteiger charge is -2.02. The van der Waals surface area contributed by atoms with E-state index >= 15 is 0 Å². The van der Waals surface area contributed by atoms with Crippen molar-refractivity contribution in [1.29, 1.82) is 0 Å². The summed E-state index contributed by atoms with van der Waals surface area (Å²) in [6.07, 6.45) is 12.6. The van der Waals surface area contributed by atoms with Crippen molar-refractivity contribution in [3.63, 3.8) is 0 Å². The maximum atomic E-state index is 11.4. The number of ketones is 2. The molecule has 0 heterocycles. The van der Waals surface area contributed by atoms with Crippen LogP contribution >= 0.6 is 0 Å². The number of unbranched alkanes of at least 4 members (excludes halogenated alkanes) is 9. The lowest BCUT2D eigenvalue weighted by molar-refractivity contribution is -0.136. The molecule has 0 unspecified atom stereocenters. The van der Waals surface area contributed by atoms with Crippen LogP contribution in [0.4, 0.5) is 0 Å². The SMILES string of the molecule is O=CCCCCCCCCCCCC(=O)C(=O)CCC=O. The largest absolute Gasteiger partial charge is 0.303 e. The lowest BCUT2D eigenvalue weighted by Crippen LogP contribution is -2.13. The quantitative estimate of drug-likeness (QED) is 0.248. The van der Waals surface area contributed by atoms with Gasteiger partial charge in [-0.1, -0.05) is 44.9 Å². The predicted molar refractivity (Wildman–Crippen MR) is 82.2 cm³/mol. The molecule has 0 bridgehead atoms. The van der Waals surface area contributed by atoms with E-state index < -0.39 is 5.78 Å². The second kappa shape index (κ2) is 15.1. The zero-order valence-corrected chi connectivity index (χ0v) is 13.0. The van der Waals surface area contributed by atoms with E-state index in [2.05, 4.69) is 0 Å². The molecule has 0 aromatic rings. The van der Waals surface area contributed by atoms with Crippen LogP contribution in [0.2, 0.25) is 0 Å². The average Bonchev–Trinajstić information content (AvgIpc) is 2.49. The Labute approximate surface area is 127 Å². The highest BCUT2D eigenvalue weighted by molar-refractivity contribution is 6.37. The summed E-state index contributed by atoms with van der Waals surface area (Å²) in [5.41, 5.74) is 0. The Morgan fingerprint density at radius 3 is 1.48 bits per heavy atom. The predicted octanol–water partition coefficient (Wildman–Crippen LogP) is 3.59. The van der Waals surface area contributed by atoms with Gasteiger partial charge in [0.25, 0.3) is 0 Å². The van der Waals surface area contributed by atoms with Crippen LogP contribution in [0.15, 0.2) is 0 Å². The van der Waals surface area contributed by atoms with Crippen molar-refractivity contribution in [2.24, 2.45) is 0 Å². The number of carbonyl (C=O) groups is 4. The smallest absolute Gasteiger partial charge is 0.198 e. The maximum absolute atomic E-state index is 11.4. The number of Topliss-reactive ketones (excluding diaryl/α,β-unsaturated/α-hetero) is 2. The van der Waals surface area contributed by atoms with E-state index in [4.69, 9.17) is 0 Å². The number of carbonyl (C=O) groups excluding carboxylic acids is 4. The standard InChI is InChI=1S/C17H28O4/c18-14-10-8-6-4-2-1-3-5-7-9-12-16(20)17(21)13-11-15-19/h14-15H,1-13H2. The van der Waals surface area contributed by atoms with Gasteiger partial charge in [0.05, 0.1) is 0 Å². The molecule has 21 heavy (non-hydrogen) atoms. The van der Waals surface area contributed by atoms with Crippen molar-refractivity contribution in [3.8, 4) is 0 Å². The highest BCUT2D eigenvalue weighted by Crippen LogP contribution is 2.11. The Morgan fingerprint density at radius 1 is 0.524 bits per heavy atom. The zero-order chi connectivity index (χ0) is 15.8. The first kappa shape index (κ1) is 19.7. The molecule has 4 heteroatoms. The molecule has 0 aliphatic rings. The Bertz CT molecular complexity index is 310. The molecule has 0 aromatic heterocycles. The van der Waals surface area contributed by atoms with Crippen LogP contribution in [0.3, 0.4) is 0 Å². The van der Waals surface area contributed by atoms with Gasteiger partial charge in [0.2, 0.25) is 0 Å². The minimum absolute atomic E-state index is 0.0619. The molecule has 0 saturated carbocycles. The summed E-state index contributed by atoms with van der Waals surface area (Å²) in [5.74, 6) is -0.732. The first-order valence-corrected chi connectivity index (χ1v) is 8.15. The van der Waals surface area contributed by atoms with Crippen molar-refractivity contribution < 1.29 is 19.2 Å². The normalized spacial score (nSPS) is 10.3. The van der Waals surface area contributed by atoms with Crippen LogP contribution in [-0.4, -0.2) is 24.1 Å². The first-order chi connectivity index (χ1) is 10.2. The third-order valence-electron chi connectivity index (χ3n) is 3.53. The molecule has 120 valence electrons. The van der Waals surface area contributed by atoms with E-state index in [1.807, 2.05) is 0 Å². The molecule has 0 aromatic carbocycles. The molecule has 0 N–H and O–H groups in total. The summed E-state index contributed by atoms with van der Waals surface area (Å²) in [7, 11) is 0. The molecule has 0 aliphatic heterocycles. The topological polar surface area (TPSA) is 68.3 Å². The Kier molecular flexibility index (Phi) is 14.1. The van der Waals surface area contributed by atoms with Crippen LogP contribution in [0.5, 0.6) is 0 Å². The van der Waals surface area contributed by atoms with Gasteiger partial charge in [-0.3, -0.25) is 9.59 Å². The third-order valence-corrected chi connectivity index (χ3v) is 3.53. The summed E-state index contributed by atoms with van der Waals surface area (Å²) in [4.78, 5) is 42.9. The van der Waals surface area contributed by atoms with Gasteiger partial charge in [-0.05, 0) is 12.8 Å². The van der Waals surface area contributed by atoms with Crippen LogP contribution in [0, 0.1) is 0 Å².